The lowest BCUT2D eigenvalue weighted by Gasteiger charge is -2.34. The molecule has 36 nitrogen and oxygen atoms in total. The summed E-state index contributed by atoms with van der Waals surface area (Å²) in [7, 11) is -3.49. The number of nitrogens with one attached hydrogen (secondary N) is 2. The van der Waals surface area contributed by atoms with Crippen LogP contribution in [0.15, 0.2) is 256 Å². The van der Waals surface area contributed by atoms with Gasteiger partial charge in [-0.1, -0.05) is 79.4 Å². The Morgan fingerprint density at radius 3 is 1.10 bits per heavy atom. The second-order valence-electron chi connectivity index (χ2n) is 35.6. The molecule has 8 aromatic heterocycles. The molecule has 4 saturated heterocycles. The van der Waals surface area contributed by atoms with E-state index < -0.39 is 33.5 Å². The van der Waals surface area contributed by atoms with Crippen LogP contribution in [-0.2, 0) is 28.6 Å². The van der Waals surface area contributed by atoms with Crippen LogP contribution in [0.5, 0.6) is 46.0 Å². The Bertz CT molecular complexity index is 7040. The molecule has 724 valence electrons. The first-order chi connectivity index (χ1) is 67.1. The van der Waals surface area contributed by atoms with Gasteiger partial charge in [0.25, 0.3) is 10.1 Å². The fourth-order valence-electron chi connectivity index (χ4n) is 16.6. The van der Waals surface area contributed by atoms with E-state index in [4.69, 9.17) is 70.8 Å². The molecule has 0 aliphatic carbocycles. The lowest BCUT2D eigenvalue weighted by molar-refractivity contribution is -0.127. The van der Waals surface area contributed by atoms with Crippen LogP contribution in [0.25, 0.3) is 89.2 Å². The van der Waals surface area contributed by atoms with Crippen LogP contribution >= 0.6 is 12.4 Å². The van der Waals surface area contributed by atoms with Crippen molar-refractivity contribution in [3.8, 4) is 91.0 Å². The Labute approximate surface area is 815 Å². The molecule has 16 aromatic rings. The van der Waals surface area contributed by atoms with E-state index in [2.05, 4.69) is 62.0 Å². The van der Waals surface area contributed by atoms with E-state index in [9.17, 15) is 22.8 Å². The molecule has 4 aliphatic heterocycles. The fraction of sp³-hybridized carbons (Fsp3) is 0.284. The van der Waals surface area contributed by atoms with Gasteiger partial charge >= 0.3 is 12.2 Å². The standard InChI is InChI=1S/C27H30N6O3.C25H24N6O2.C22H22N6O.C17H13N5O.C11H21NO5S.ClH/c1-27(2,3)36-26(34)32-15-7-8-19(16-32)33-25-22(24(28)29-17-30-25)23(31-33)18-11-13-21(14-12-18)35-20-9-5-4-6-10-20;1-2-21(32)30-14-6-7-18(15-30)31-25-22(24(26)27-16-28-25)23(29-31)17-10-12-20(13-11-17)33-19-8-4-3-5-9-19;23-21-19-20(15-8-10-18(11-9-15)29-17-6-2-1-3-7-17)27-28(22(19)26-14-25-21)16-5-4-12-24-13-16;18-16-14-15(21-22-17(14)20-10-19-16)11-6-8-13(9-7-11)23-12-4-2-1-3-5-12;1-11(2,3)16-10(13)12-7-5-6-9(8-12)17-18(4,14)15;/h4-6,9-14,17,19H,7-8,15-16H2,1-3H3,(H2,28,29,30);2-5,8-13,16,18H,1,6-7,14-15H2,(H2,26,27,28);1-3,6-11,14,16,24H,4-5,12-13H2,(H2,23,25,26);1-10H,(H3,18,19,20,21,22);9H,5-8H2,1-4H3;1H/t19-;18-;16-;;9-;/m111.0./s1. The third-order valence-corrected chi connectivity index (χ3v) is 23.6. The summed E-state index contributed by atoms with van der Waals surface area (Å²) in [5.41, 5.74) is 32.9. The molecule has 12 heterocycles. The van der Waals surface area contributed by atoms with Gasteiger partial charge in [-0.3, -0.25) is 14.1 Å². The lowest BCUT2D eigenvalue weighted by Crippen LogP contribution is -2.45. The van der Waals surface area contributed by atoms with Crippen molar-refractivity contribution in [3.63, 3.8) is 0 Å². The van der Waals surface area contributed by atoms with Crippen molar-refractivity contribution >= 4 is 108 Å². The number of anilines is 4. The van der Waals surface area contributed by atoms with Crippen LogP contribution in [-0.4, -0.2) is 197 Å². The molecule has 4 fully saturated rings. The molecule has 3 amide bonds. The highest BCUT2D eigenvalue weighted by Gasteiger charge is 2.35. The Hall–Kier alpha value is -15.7. The summed E-state index contributed by atoms with van der Waals surface area (Å²) in [6.45, 7) is 19.7. The van der Waals surface area contributed by atoms with Crippen molar-refractivity contribution in [2.45, 2.75) is 128 Å². The summed E-state index contributed by atoms with van der Waals surface area (Å²) < 4.78 is 67.1. The highest BCUT2D eigenvalue weighted by Crippen LogP contribution is 2.41. The van der Waals surface area contributed by atoms with Crippen LogP contribution in [0.4, 0.5) is 32.9 Å². The summed E-state index contributed by atoms with van der Waals surface area (Å²) in [4.78, 5) is 76.0. The van der Waals surface area contributed by atoms with Crippen LogP contribution in [0, 0.1) is 0 Å². The number of rotatable bonds is 18. The molecular weight excluding hydrogens is 1820 g/mol. The van der Waals surface area contributed by atoms with E-state index in [1.807, 2.05) is 253 Å². The van der Waals surface area contributed by atoms with E-state index in [0.717, 1.165) is 154 Å². The maximum atomic E-state index is 12.7. The van der Waals surface area contributed by atoms with Gasteiger partial charge in [-0.15, -0.1) is 12.4 Å². The number of piperidine rings is 4. The molecular formula is C102H111ClN24O12S. The Morgan fingerprint density at radius 2 is 0.736 bits per heavy atom. The molecule has 0 radical (unpaired) electrons. The predicted octanol–water partition coefficient (Wildman–Crippen LogP) is 18.6. The van der Waals surface area contributed by atoms with Gasteiger partial charge < -0.3 is 71.4 Å². The minimum atomic E-state index is -3.49. The summed E-state index contributed by atoms with van der Waals surface area (Å²) in [6, 6.07) is 69.8. The van der Waals surface area contributed by atoms with Gasteiger partial charge in [0.15, 0.2) is 22.6 Å². The zero-order valence-corrected chi connectivity index (χ0v) is 80.2. The summed E-state index contributed by atoms with van der Waals surface area (Å²) >= 11 is 0. The number of para-hydroxylation sites is 4. The van der Waals surface area contributed by atoms with Crippen LogP contribution in [0.3, 0.4) is 0 Å². The van der Waals surface area contributed by atoms with Gasteiger partial charge in [0.1, 0.15) is 123 Å². The minimum absolute atomic E-state index is 0. The summed E-state index contributed by atoms with van der Waals surface area (Å²) in [5.74, 6) is 7.64. The third-order valence-electron chi connectivity index (χ3n) is 23.0. The SMILES string of the molecule is C=CC(=O)N1CCC[C@@H](n2nc(-c3ccc(Oc4ccccc4)cc3)c3c(N)ncnc32)C1.CC(C)(C)OC(=O)N1CCC[C@@H](n2nc(-c3ccc(Oc4ccccc4)cc3)c3c(N)ncnc32)C1.CC(C)(C)OC(=O)N1CCC[C@H](OS(C)(=O)=O)C1.Cl.Nc1ncnc2c1c(-c1ccc(Oc3ccccc3)cc1)nn2[C@@H]1CCCNC1.Nc1ncnc2n[nH]c(-c3ccc(Oc4ccccc4)cc3)c12. The van der Waals surface area contributed by atoms with E-state index in [1.165, 1.54) is 36.3 Å². The average Bonchev–Trinajstić information content (AvgIpc) is 1.62. The second kappa shape index (κ2) is 44.6. The Balaban J connectivity index is 0.000000135. The lowest BCUT2D eigenvalue weighted by atomic mass is 10.1. The van der Waals surface area contributed by atoms with Crippen molar-refractivity contribution in [3.05, 3.63) is 256 Å². The first-order valence-electron chi connectivity index (χ1n) is 45.8. The van der Waals surface area contributed by atoms with Crippen molar-refractivity contribution in [2.24, 2.45) is 0 Å². The third kappa shape index (κ3) is 25.0. The predicted molar refractivity (Wildman–Crippen MR) is 539 cm³/mol. The zero-order valence-electron chi connectivity index (χ0n) is 78.6. The molecule has 140 heavy (non-hydrogen) atoms. The van der Waals surface area contributed by atoms with E-state index in [0.29, 0.717) is 108 Å². The molecule has 38 heteroatoms. The van der Waals surface area contributed by atoms with Crippen molar-refractivity contribution in [2.75, 3.05) is 81.5 Å². The quantitative estimate of drug-likeness (QED) is 0.0343. The summed E-state index contributed by atoms with van der Waals surface area (Å²) in [6.07, 6.45) is 14.0. The summed E-state index contributed by atoms with van der Waals surface area (Å²) in [5, 5.41) is 28.3. The molecule has 20 rings (SSSR count). The monoisotopic (exact) mass is 1930 g/mol. The fourth-order valence-corrected chi connectivity index (χ4v) is 17.3. The van der Waals surface area contributed by atoms with E-state index in [-0.39, 0.29) is 49.1 Å². The van der Waals surface area contributed by atoms with Gasteiger partial charge in [-0.05, 0) is 251 Å². The molecule has 4 atom stereocenters. The van der Waals surface area contributed by atoms with Crippen molar-refractivity contribution < 1.29 is 55.4 Å². The molecule has 4 aliphatic rings. The first kappa shape index (κ1) is 98.8. The second-order valence-corrected chi connectivity index (χ2v) is 37.2. The molecule has 0 bridgehead atoms. The molecule has 0 unspecified atom stereocenters. The normalized spacial score (nSPS) is 16.0. The van der Waals surface area contributed by atoms with Gasteiger partial charge in [0, 0.05) is 61.5 Å². The molecule has 0 saturated carbocycles. The number of ether oxygens (including phenoxy) is 6. The number of aromatic nitrogens is 16. The smallest absolute Gasteiger partial charge is 0.410 e. The van der Waals surface area contributed by atoms with Crippen LogP contribution in [0.2, 0.25) is 0 Å². The number of nitrogen functional groups attached to an aromatic ring is 4. The maximum absolute atomic E-state index is 12.7. The highest BCUT2D eigenvalue weighted by molar-refractivity contribution is 7.86. The number of halogens is 1. The zero-order chi connectivity index (χ0) is 97.3. The number of hydrogen-bond donors (Lipinski definition) is 6. The number of carbonyl (C=O) groups is 3. The number of benzene rings is 8. The molecule has 0 spiro atoms. The number of nitrogens with two attached hydrogens (primary N) is 4. The molecule has 8 aromatic carbocycles. The Kier molecular flexibility index (Phi) is 31.5. The number of hydrogen-bond acceptors (Lipinski definition) is 29. The van der Waals surface area contributed by atoms with Gasteiger partial charge in [-0.25, -0.2) is 63.5 Å². The van der Waals surface area contributed by atoms with Crippen molar-refractivity contribution in [1.29, 1.82) is 0 Å². The number of likely N-dealkylation sites (tertiary alicyclic amines) is 3. The minimum Gasteiger partial charge on any atom is -0.457 e. The van der Waals surface area contributed by atoms with E-state index >= 15 is 0 Å². The number of H-pyrrole nitrogens is 1. The van der Waals surface area contributed by atoms with Gasteiger partial charge in [0.05, 0.1) is 64.3 Å². The number of amides is 3. The first-order valence-corrected chi connectivity index (χ1v) is 47.6. The highest BCUT2D eigenvalue weighted by atomic mass is 35.5. The maximum Gasteiger partial charge on any atom is 0.410 e. The van der Waals surface area contributed by atoms with E-state index in [1.54, 1.807) is 30.6 Å². The van der Waals surface area contributed by atoms with Gasteiger partial charge in [-0.2, -0.15) is 28.8 Å². The number of nitrogens with zero attached hydrogens (tertiary/aromatic N) is 18. The molecule has 10 N–H and O–H groups in total. The topological polar surface area (TPSA) is 461 Å². The number of aromatic amines is 1. The largest absolute Gasteiger partial charge is 0.457 e. The average molecular weight is 1930 g/mol. The van der Waals surface area contributed by atoms with Crippen LogP contribution in [0.1, 0.15) is 111 Å². The number of carbonyl (C=O) groups excluding carboxylic acids is 3. The Morgan fingerprint density at radius 1 is 0.407 bits per heavy atom. The van der Waals surface area contributed by atoms with Crippen molar-refractivity contribution in [1.82, 2.24) is 99.4 Å². The number of fused-ring (bicyclic) bond motifs is 4. The van der Waals surface area contributed by atoms with Gasteiger partial charge in [0.2, 0.25) is 5.91 Å². The van der Waals surface area contributed by atoms with Crippen LogP contribution < -0.4 is 47.2 Å².